The molecule has 0 spiro atoms. The van der Waals surface area contributed by atoms with E-state index in [9.17, 15) is 0 Å². The zero-order chi connectivity index (χ0) is 11.4. The fraction of sp³-hybridized carbons (Fsp3) is 0.286. The highest BCUT2D eigenvalue weighted by Gasteiger charge is 2.12. The second-order valence-corrected chi connectivity index (χ2v) is 4.05. The predicted octanol–water partition coefficient (Wildman–Crippen LogP) is 3.09. The van der Waals surface area contributed by atoms with Gasteiger partial charge >= 0.3 is 0 Å². The maximum atomic E-state index is 5.43. The van der Waals surface area contributed by atoms with E-state index in [1.165, 1.54) is 11.1 Å². The van der Waals surface area contributed by atoms with E-state index in [0.29, 0.717) is 0 Å². The Labute approximate surface area is 96.3 Å². The van der Waals surface area contributed by atoms with Crippen molar-refractivity contribution in [2.45, 2.75) is 19.4 Å². The number of hydrogen-bond donors (Lipinski definition) is 1. The Hall–Kier alpha value is -1.54. The summed E-state index contributed by atoms with van der Waals surface area (Å²) in [5, 5.41) is 3.28. The van der Waals surface area contributed by atoms with E-state index in [4.69, 9.17) is 4.42 Å². The van der Waals surface area contributed by atoms with E-state index < -0.39 is 0 Å². The van der Waals surface area contributed by atoms with Crippen LogP contribution < -0.4 is 5.32 Å². The van der Waals surface area contributed by atoms with Crippen LogP contribution in [0.25, 0.3) is 0 Å². The van der Waals surface area contributed by atoms with E-state index in [1.807, 2.05) is 19.2 Å². The molecule has 0 aliphatic heterocycles. The fourth-order valence-electron chi connectivity index (χ4n) is 1.91. The van der Waals surface area contributed by atoms with Crippen molar-refractivity contribution in [3.05, 3.63) is 59.5 Å². The van der Waals surface area contributed by atoms with Gasteiger partial charge in [-0.3, -0.25) is 0 Å². The Morgan fingerprint density at radius 1 is 1.25 bits per heavy atom. The molecule has 2 aromatic rings. The van der Waals surface area contributed by atoms with Crippen molar-refractivity contribution >= 4 is 0 Å². The molecule has 0 fully saturated rings. The second-order valence-electron chi connectivity index (χ2n) is 4.05. The first-order valence-electron chi connectivity index (χ1n) is 5.56. The monoisotopic (exact) mass is 215 g/mol. The van der Waals surface area contributed by atoms with Crippen molar-refractivity contribution < 1.29 is 4.42 Å². The lowest BCUT2D eigenvalue weighted by atomic mass is 10.0. The highest BCUT2D eigenvalue weighted by Crippen LogP contribution is 2.18. The number of nitrogens with one attached hydrogen (secondary N) is 1. The molecule has 1 aromatic heterocycles. The lowest BCUT2D eigenvalue weighted by Gasteiger charge is -2.13. The number of hydrogen-bond acceptors (Lipinski definition) is 2. The van der Waals surface area contributed by atoms with Crippen molar-refractivity contribution in [3.63, 3.8) is 0 Å². The minimum atomic E-state index is 0.247. The summed E-state index contributed by atoms with van der Waals surface area (Å²) in [7, 11) is 1.96. The van der Waals surface area contributed by atoms with E-state index in [-0.39, 0.29) is 6.04 Å². The lowest BCUT2D eigenvalue weighted by Crippen LogP contribution is -2.18. The van der Waals surface area contributed by atoms with Gasteiger partial charge in [-0.15, -0.1) is 0 Å². The zero-order valence-corrected chi connectivity index (χ0v) is 9.73. The quantitative estimate of drug-likeness (QED) is 0.847. The Balaban J connectivity index is 2.13. The minimum absolute atomic E-state index is 0.247. The molecule has 1 aromatic carbocycles. The van der Waals surface area contributed by atoms with Crippen LogP contribution in [-0.2, 0) is 6.42 Å². The van der Waals surface area contributed by atoms with Gasteiger partial charge in [0.25, 0.3) is 0 Å². The summed E-state index contributed by atoms with van der Waals surface area (Å²) in [4.78, 5) is 0. The molecular weight excluding hydrogens is 198 g/mol. The molecule has 0 saturated carbocycles. The van der Waals surface area contributed by atoms with Gasteiger partial charge in [-0.25, -0.2) is 0 Å². The molecule has 0 bridgehead atoms. The van der Waals surface area contributed by atoms with Crippen molar-refractivity contribution in [1.82, 2.24) is 5.32 Å². The highest BCUT2D eigenvalue weighted by atomic mass is 16.3. The van der Waals surface area contributed by atoms with Crippen molar-refractivity contribution in [2.24, 2.45) is 0 Å². The van der Waals surface area contributed by atoms with E-state index in [0.717, 1.165) is 12.2 Å². The van der Waals surface area contributed by atoms with Gasteiger partial charge in [0.05, 0.1) is 12.3 Å². The molecule has 0 aliphatic carbocycles. The van der Waals surface area contributed by atoms with Crippen molar-refractivity contribution in [1.29, 1.82) is 0 Å². The summed E-state index contributed by atoms with van der Waals surface area (Å²) in [6, 6.07) is 12.8. The molecule has 2 rings (SSSR count). The Bertz CT molecular complexity index is 434. The summed E-state index contributed by atoms with van der Waals surface area (Å²) in [6.45, 7) is 2.12. The molecule has 2 heteroatoms. The van der Waals surface area contributed by atoms with Crippen molar-refractivity contribution in [2.75, 3.05) is 7.05 Å². The highest BCUT2D eigenvalue weighted by molar-refractivity contribution is 5.24. The van der Waals surface area contributed by atoms with Gasteiger partial charge < -0.3 is 9.73 Å². The van der Waals surface area contributed by atoms with Crippen LogP contribution in [0.3, 0.4) is 0 Å². The van der Waals surface area contributed by atoms with Crippen LogP contribution in [-0.4, -0.2) is 7.05 Å². The average Bonchev–Trinajstić information content (AvgIpc) is 2.79. The second kappa shape index (κ2) is 4.99. The van der Waals surface area contributed by atoms with Crippen LogP contribution in [0.2, 0.25) is 0 Å². The van der Waals surface area contributed by atoms with Crippen LogP contribution in [0, 0.1) is 6.92 Å². The van der Waals surface area contributed by atoms with Gasteiger partial charge in [0.1, 0.15) is 5.76 Å². The van der Waals surface area contributed by atoms with Crippen LogP contribution in [0.1, 0.15) is 22.9 Å². The average molecular weight is 215 g/mol. The Morgan fingerprint density at radius 3 is 2.75 bits per heavy atom. The molecule has 1 N–H and O–H groups in total. The number of rotatable bonds is 4. The minimum Gasteiger partial charge on any atom is -0.468 e. The number of aryl methyl sites for hydroxylation is 1. The number of benzene rings is 1. The molecule has 0 radical (unpaired) electrons. The fourth-order valence-corrected chi connectivity index (χ4v) is 1.91. The summed E-state index contributed by atoms with van der Waals surface area (Å²) in [5.74, 6) is 0.990. The molecule has 0 aliphatic rings. The normalized spacial score (nSPS) is 12.6. The topological polar surface area (TPSA) is 25.2 Å². The van der Waals surface area contributed by atoms with E-state index >= 15 is 0 Å². The molecule has 2 nitrogen and oxygen atoms in total. The molecular formula is C14H17NO. The van der Waals surface area contributed by atoms with Gasteiger partial charge in [-0.1, -0.05) is 29.8 Å². The zero-order valence-electron chi connectivity index (χ0n) is 9.73. The number of furan rings is 1. The molecule has 0 unspecified atom stereocenters. The summed E-state index contributed by atoms with van der Waals surface area (Å²) in [6.07, 6.45) is 2.67. The molecule has 1 atom stereocenters. The van der Waals surface area contributed by atoms with Crippen LogP contribution >= 0.6 is 0 Å². The van der Waals surface area contributed by atoms with Gasteiger partial charge in [-0.2, -0.15) is 0 Å². The summed E-state index contributed by atoms with van der Waals surface area (Å²) >= 11 is 0. The van der Waals surface area contributed by atoms with E-state index in [1.54, 1.807) is 6.26 Å². The summed E-state index contributed by atoms with van der Waals surface area (Å²) in [5.41, 5.74) is 2.63. The SMILES string of the molecule is CN[C@@H](Cc1cccc(C)c1)c1ccco1. The van der Waals surface area contributed by atoms with Crippen molar-refractivity contribution in [3.8, 4) is 0 Å². The molecule has 84 valence electrons. The first kappa shape index (κ1) is 11.0. The van der Waals surface area contributed by atoms with E-state index in [2.05, 4.69) is 36.5 Å². The first-order valence-corrected chi connectivity index (χ1v) is 5.56. The molecule has 0 amide bonds. The number of likely N-dealkylation sites (N-methyl/N-ethyl adjacent to an activating group) is 1. The maximum absolute atomic E-state index is 5.43. The smallest absolute Gasteiger partial charge is 0.121 e. The third-order valence-electron chi connectivity index (χ3n) is 2.76. The molecule has 1 heterocycles. The first-order chi connectivity index (χ1) is 7.79. The van der Waals surface area contributed by atoms with Gasteiger partial charge in [0.15, 0.2) is 0 Å². The Morgan fingerprint density at radius 2 is 2.12 bits per heavy atom. The molecule has 0 saturated heterocycles. The largest absolute Gasteiger partial charge is 0.468 e. The standard InChI is InChI=1S/C14H17NO/c1-11-5-3-6-12(9-11)10-13(15-2)14-7-4-8-16-14/h3-9,13,15H,10H2,1-2H3/t13-/m0/s1. The Kier molecular flexibility index (Phi) is 3.42. The maximum Gasteiger partial charge on any atom is 0.121 e. The van der Waals surface area contributed by atoms with Crippen LogP contribution in [0.15, 0.2) is 47.1 Å². The predicted molar refractivity (Wildman–Crippen MR) is 65.4 cm³/mol. The molecule has 16 heavy (non-hydrogen) atoms. The van der Waals surface area contributed by atoms with Gasteiger partial charge in [0, 0.05) is 0 Å². The third-order valence-corrected chi connectivity index (χ3v) is 2.76. The third kappa shape index (κ3) is 2.52. The lowest BCUT2D eigenvalue weighted by molar-refractivity contribution is 0.429. The van der Waals surface area contributed by atoms with Crippen LogP contribution in [0.5, 0.6) is 0 Å². The summed E-state index contributed by atoms with van der Waals surface area (Å²) < 4.78 is 5.43. The van der Waals surface area contributed by atoms with Crippen LogP contribution in [0.4, 0.5) is 0 Å². The van der Waals surface area contributed by atoms with Gasteiger partial charge in [-0.05, 0) is 38.1 Å². The van der Waals surface area contributed by atoms with Gasteiger partial charge in [0.2, 0.25) is 0 Å².